The quantitative estimate of drug-likeness (QED) is 0.781. The van der Waals surface area contributed by atoms with E-state index in [9.17, 15) is 0 Å². The molecule has 1 rings (SSSR count). The standard InChI is InChI=1S/C15H29N3S/c1-7-9-18(6)15-17-14(12(5)8-2)13(19-15)10-16-11(3)4/h11-12,16H,7-10H2,1-6H3. The minimum absolute atomic E-state index is 0.517. The van der Waals surface area contributed by atoms with Crippen LogP contribution in [-0.2, 0) is 6.54 Å². The number of nitrogens with one attached hydrogen (secondary N) is 1. The summed E-state index contributed by atoms with van der Waals surface area (Å²) in [7, 11) is 2.14. The zero-order valence-corrected chi connectivity index (χ0v) is 14.1. The molecule has 4 heteroatoms. The summed E-state index contributed by atoms with van der Waals surface area (Å²) in [6.45, 7) is 13.1. The maximum absolute atomic E-state index is 4.88. The largest absolute Gasteiger partial charge is 0.351 e. The molecule has 0 amide bonds. The SMILES string of the molecule is CCCN(C)c1nc(C(C)CC)c(CNC(C)C)s1. The lowest BCUT2D eigenvalue weighted by molar-refractivity contribution is 0.584. The predicted molar refractivity (Wildman–Crippen MR) is 86.4 cm³/mol. The third-order valence-corrected chi connectivity index (χ3v) is 4.54. The fourth-order valence-electron chi connectivity index (χ4n) is 1.95. The Labute approximate surface area is 122 Å². The van der Waals surface area contributed by atoms with Crippen molar-refractivity contribution in [2.24, 2.45) is 0 Å². The van der Waals surface area contributed by atoms with Gasteiger partial charge in [-0.05, 0) is 18.8 Å². The Hall–Kier alpha value is -0.610. The van der Waals surface area contributed by atoms with Gasteiger partial charge in [0.25, 0.3) is 0 Å². The summed E-state index contributed by atoms with van der Waals surface area (Å²) in [5, 5.41) is 4.68. The Morgan fingerprint density at radius 2 is 1.95 bits per heavy atom. The van der Waals surface area contributed by atoms with Gasteiger partial charge in [0.1, 0.15) is 0 Å². The Kier molecular flexibility index (Phi) is 6.80. The predicted octanol–water partition coefficient (Wildman–Crippen LogP) is 4.00. The van der Waals surface area contributed by atoms with E-state index in [4.69, 9.17) is 4.98 Å². The van der Waals surface area contributed by atoms with Gasteiger partial charge in [-0.15, -0.1) is 11.3 Å². The zero-order valence-electron chi connectivity index (χ0n) is 13.3. The molecule has 1 aromatic rings. The molecular weight excluding hydrogens is 254 g/mol. The van der Waals surface area contributed by atoms with Crippen LogP contribution in [0.2, 0.25) is 0 Å². The summed E-state index contributed by atoms with van der Waals surface area (Å²) in [5.74, 6) is 0.545. The fraction of sp³-hybridized carbons (Fsp3) is 0.800. The van der Waals surface area contributed by atoms with Gasteiger partial charge in [0.05, 0.1) is 5.69 Å². The van der Waals surface area contributed by atoms with Crippen LogP contribution in [0.25, 0.3) is 0 Å². The molecule has 1 heterocycles. The summed E-state index contributed by atoms with van der Waals surface area (Å²) in [4.78, 5) is 8.56. The van der Waals surface area contributed by atoms with Crippen molar-refractivity contribution in [1.82, 2.24) is 10.3 Å². The van der Waals surface area contributed by atoms with Crippen molar-refractivity contribution in [3.8, 4) is 0 Å². The van der Waals surface area contributed by atoms with Gasteiger partial charge < -0.3 is 10.2 Å². The minimum atomic E-state index is 0.517. The normalized spacial score (nSPS) is 13.0. The molecule has 0 spiro atoms. The summed E-state index contributed by atoms with van der Waals surface area (Å²) < 4.78 is 0. The van der Waals surface area contributed by atoms with Crippen molar-refractivity contribution in [3.63, 3.8) is 0 Å². The van der Waals surface area contributed by atoms with Gasteiger partial charge in [-0.25, -0.2) is 4.98 Å². The minimum Gasteiger partial charge on any atom is -0.351 e. The summed E-state index contributed by atoms with van der Waals surface area (Å²) in [5.41, 5.74) is 1.29. The highest BCUT2D eigenvalue weighted by molar-refractivity contribution is 7.15. The summed E-state index contributed by atoms with van der Waals surface area (Å²) >= 11 is 1.85. The number of aromatic nitrogens is 1. The Balaban J connectivity index is 2.91. The third-order valence-electron chi connectivity index (χ3n) is 3.35. The summed E-state index contributed by atoms with van der Waals surface area (Å²) in [6, 6.07) is 0.517. The molecule has 1 aromatic heterocycles. The van der Waals surface area contributed by atoms with Crippen LogP contribution in [0.3, 0.4) is 0 Å². The van der Waals surface area contributed by atoms with Crippen molar-refractivity contribution < 1.29 is 0 Å². The average Bonchev–Trinajstić information content (AvgIpc) is 2.80. The molecule has 1 N–H and O–H groups in total. The first-order chi connectivity index (χ1) is 8.99. The molecule has 0 aliphatic heterocycles. The van der Waals surface area contributed by atoms with Gasteiger partial charge in [-0.2, -0.15) is 0 Å². The van der Waals surface area contributed by atoms with E-state index < -0.39 is 0 Å². The Morgan fingerprint density at radius 3 is 2.47 bits per heavy atom. The van der Waals surface area contributed by atoms with E-state index in [-0.39, 0.29) is 0 Å². The van der Waals surface area contributed by atoms with E-state index in [0.717, 1.165) is 31.1 Å². The van der Waals surface area contributed by atoms with Gasteiger partial charge in [0.2, 0.25) is 0 Å². The lowest BCUT2D eigenvalue weighted by Crippen LogP contribution is -2.22. The number of nitrogens with zero attached hydrogens (tertiary/aromatic N) is 2. The van der Waals surface area contributed by atoms with Crippen LogP contribution >= 0.6 is 11.3 Å². The van der Waals surface area contributed by atoms with Gasteiger partial charge in [-0.1, -0.05) is 34.6 Å². The molecule has 0 aliphatic rings. The van der Waals surface area contributed by atoms with Gasteiger partial charge >= 0.3 is 0 Å². The molecule has 3 nitrogen and oxygen atoms in total. The van der Waals surface area contributed by atoms with E-state index in [1.165, 1.54) is 10.6 Å². The molecule has 0 saturated carbocycles. The van der Waals surface area contributed by atoms with Crippen LogP contribution in [0.4, 0.5) is 5.13 Å². The van der Waals surface area contributed by atoms with E-state index in [1.807, 2.05) is 11.3 Å². The van der Waals surface area contributed by atoms with Crippen LogP contribution < -0.4 is 10.2 Å². The number of anilines is 1. The Morgan fingerprint density at radius 1 is 1.26 bits per heavy atom. The first kappa shape index (κ1) is 16.4. The molecule has 0 fully saturated rings. The highest BCUT2D eigenvalue weighted by Gasteiger charge is 2.17. The molecule has 110 valence electrons. The van der Waals surface area contributed by atoms with Crippen molar-refractivity contribution in [3.05, 3.63) is 10.6 Å². The molecular formula is C15H29N3S. The number of hydrogen-bond donors (Lipinski definition) is 1. The van der Waals surface area contributed by atoms with Crippen LogP contribution in [0, 0.1) is 0 Å². The summed E-state index contributed by atoms with van der Waals surface area (Å²) in [6.07, 6.45) is 2.31. The molecule has 19 heavy (non-hydrogen) atoms. The van der Waals surface area contributed by atoms with Crippen LogP contribution in [0.1, 0.15) is 63.9 Å². The molecule has 0 bridgehead atoms. The molecule has 0 aliphatic carbocycles. The highest BCUT2D eigenvalue weighted by Crippen LogP contribution is 2.31. The monoisotopic (exact) mass is 283 g/mol. The zero-order chi connectivity index (χ0) is 14.4. The molecule has 1 atom stereocenters. The second-order valence-corrected chi connectivity index (χ2v) is 6.63. The number of rotatable bonds is 8. The van der Waals surface area contributed by atoms with Crippen LogP contribution in [0.15, 0.2) is 0 Å². The van der Waals surface area contributed by atoms with Crippen molar-refractivity contribution in [2.45, 2.75) is 66.0 Å². The fourth-order valence-corrected chi connectivity index (χ4v) is 3.07. The molecule has 0 radical (unpaired) electrons. The molecule has 1 unspecified atom stereocenters. The first-order valence-corrected chi connectivity index (χ1v) is 8.25. The van der Waals surface area contributed by atoms with E-state index in [1.54, 1.807) is 0 Å². The average molecular weight is 283 g/mol. The highest BCUT2D eigenvalue weighted by atomic mass is 32.1. The van der Waals surface area contributed by atoms with Gasteiger partial charge in [-0.3, -0.25) is 0 Å². The van der Waals surface area contributed by atoms with Crippen LogP contribution in [-0.4, -0.2) is 24.6 Å². The molecule has 0 saturated heterocycles. The van der Waals surface area contributed by atoms with Crippen LogP contribution in [0.5, 0.6) is 0 Å². The number of hydrogen-bond acceptors (Lipinski definition) is 4. The van der Waals surface area contributed by atoms with Crippen molar-refractivity contribution in [2.75, 3.05) is 18.5 Å². The van der Waals surface area contributed by atoms with E-state index in [0.29, 0.717) is 12.0 Å². The third kappa shape index (κ3) is 4.77. The molecule has 0 aromatic carbocycles. The maximum Gasteiger partial charge on any atom is 0.185 e. The van der Waals surface area contributed by atoms with Crippen molar-refractivity contribution in [1.29, 1.82) is 0 Å². The van der Waals surface area contributed by atoms with E-state index >= 15 is 0 Å². The number of thiazole rings is 1. The van der Waals surface area contributed by atoms with Crippen molar-refractivity contribution >= 4 is 16.5 Å². The smallest absolute Gasteiger partial charge is 0.185 e. The second kappa shape index (κ2) is 7.85. The topological polar surface area (TPSA) is 28.2 Å². The van der Waals surface area contributed by atoms with Gasteiger partial charge in [0, 0.05) is 31.1 Å². The maximum atomic E-state index is 4.88. The Bertz CT molecular complexity index is 373. The van der Waals surface area contributed by atoms with E-state index in [2.05, 4.69) is 51.9 Å². The lowest BCUT2D eigenvalue weighted by atomic mass is 10.0. The first-order valence-electron chi connectivity index (χ1n) is 7.43. The second-order valence-electron chi connectivity index (χ2n) is 5.57. The van der Waals surface area contributed by atoms with Gasteiger partial charge in [0.15, 0.2) is 5.13 Å². The lowest BCUT2D eigenvalue weighted by Gasteiger charge is -2.13.